The first kappa shape index (κ1) is 17.2. The Morgan fingerprint density at radius 3 is 2.76 bits per heavy atom. The Kier molecular flexibility index (Phi) is 5.47. The molecule has 0 amide bonds. The van der Waals surface area contributed by atoms with Crippen LogP contribution >= 0.6 is 22.9 Å². The molecule has 0 aliphatic heterocycles. The van der Waals surface area contributed by atoms with E-state index in [0.29, 0.717) is 22.3 Å². The molecular weight excluding hydrogens is 363 g/mol. The van der Waals surface area contributed by atoms with Crippen molar-refractivity contribution in [2.75, 3.05) is 11.2 Å². The highest BCUT2D eigenvalue weighted by Gasteiger charge is 2.02. The predicted octanol–water partition coefficient (Wildman–Crippen LogP) is 4.54. The Morgan fingerprint density at radius 1 is 1.28 bits per heavy atom. The number of anilines is 2. The second kappa shape index (κ2) is 7.96. The zero-order chi connectivity index (χ0) is 17.6. The number of nitrogens with two attached hydrogens (primary N) is 1. The average molecular weight is 377 g/mol. The molecule has 0 spiro atoms. The molecule has 1 heterocycles. The summed E-state index contributed by atoms with van der Waals surface area (Å²) in [6.07, 6.45) is 1.66. The van der Waals surface area contributed by atoms with E-state index in [-0.39, 0.29) is 11.6 Å². The van der Waals surface area contributed by atoms with E-state index in [1.54, 1.807) is 17.7 Å². The van der Waals surface area contributed by atoms with Crippen LogP contribution in [-0.4, -0.2) is 11.2 Å². The average Bonchev–Trinajstić information content (AvgIpc) is 3.02. The lowest BCUT2D eigenvalue weighted by Crippen LogP contribution is -1.96. The third kappa shape index (κ3) is 4.91. The number of hydrogen-bond acceptors (Lipinski definition) is 6. The predicted molar refractivity (Wildman–Crippen MR) is 99.9 cm³/mol. The van der Waals surface area contributed by atoms with Crippen molar-refractivity contribution < 1.29 is 9.13 Å². The molecule has 0 atom stereocenters. The Labute approximate surface area is 152 Å². The highest BCUT2D eigenvalue weighted by Crippen LogP contribution is 2.18. The molecule has 0 aliphatic rings. The van der Waals surface area contributed by atoms with E-state index in [1.165, 1.54) is 23.5 Å². The molecule has 0 saturated carbocycles. The van der Waals surface area contributed by atoms with E-state index in [2.05, 4.69) is 15.5 Å². The van der Waals surface area contributed by atoms with Gasteiger partial charge in [0.15, 0.2) is 0 Å². The van der Waals surface area contributed by atoms with Crippen LogP contribution in [0.4, 0.5) is 15.3 Å². The number of rotatable bonds is 6. The van der Waals surface area contributed by atoms with Gasteiger partial charge in [-0.2, -0.15) is 5.10 Å². The SMILES string of the molecule is Nc1csc(NN=Cc2ccc(OCc3ccc(Cl)c(F)c3)cc2)n1. The number of nitrogens with zero attached hydrogens (tertiary/aromatic N) is 2. The Bertz CT molecular complexity index is 883. The Hall–Kier alpha value is -2.64. The van der Waals surface area contributed by atoms with E-state index in [4.69, 9.17) is 22.1 Å². The topological polar surface area (TPSA) is 72.5 Å². The van der Waals surface area contributed by atoms with Gasteiger partial charge in [-0.3, -0.25) is 5.43 Å². The maximum Gasteiger partial charge on any atom is 0.205 e. The van der Waals surface area contributed by atoms with Crippen LogP contribution < -0.4 is 15.9 Å². The zero-order valence-corrected chi connectivity index (χ0v) is 14.5. The monoisotopic (exact) mass is 376 g/mol. The Morgan fingerprint density at radius 2 is 2.08 bits per heavy atom. The summed E-state index contributed by atoms with van der Waals surface area (Å²) in [6.45, 7) is 0.258. The van der Waals surface area contributed by atoms with E-state index in [9.17, 15) is 4.39 Å². The third-order valence-electron chi connectivity index (χ3n) is 3.17. The minimum absolute atomic E-state index is 0.0986. The van der Waals surface area contributed by atoms with E-state index >= 15 is 0 Å². The summed E-state index contributed by atoms with van der Waals surface area (Å²) >= 11 is 7.03. The standard InChI is InChI=1S/C17H14ClFN4OS/c18-14-6-3-12(7-15(14)19)9-24-13-4-1-11(2-5-13)8-21-23-17-22-16(20)10-25-17/h1-8,10H,9,20H2,(H,22,23). The summed E-state index contributed by atoms with van der Waals surface area (Å²) < 4.78 is 19.0. The van der Waals surface area contributed by atoms with E-state index in [0.717, 1.165) is 5.56 Å². The highest BCUT2D eigenvalue weighted by molar-refractivity contribution is 7.14. The van der Waals surface area contributed by atoms with Crippen LogP contribution in [0.15, 0.2) is 52.9 Å². The fraction of sp³-hybridized carbons (Fsp3) is 0.0588. The van der Waals surface area contributed by atoms with Crippen LogP contribution in [0.25, 0.3) is 0 Å². The molecule has 3 aromatic rings. The summed E-state index contributed by atoms with van der Waals surface area (Å²) in [5.74, 6) is 0.682. The molecule has 0 unspecified atom stereocenters. The molecule has 8 heteroatoms. The molecule has 1 aromatic heterocycles. The van der Waals surface area contributed by atoms with Crippen LogP contribution in [0, 0.1) is 5.82 Å². The number of halogens is 2. The van der Waals surface area contributed by atoms with Gasteiger partial charge in [0.2, 0.25) is 5.13 Å². The molecule has 3 N–H and O–H groups in total. The number of thiazole rings is 1. The van der Waals surface area contributed by atoms with E-state index < -0.39 is 5.82 Å². The van der Waals surface area contributed by atoms with Crippen molar-refractivity contribution in [1.82, 2.24) is 4.98 Å². The summed E-state index contributed by atoms with van der Waals surface area (Å²) in [5, 5.41) is 6.55. The molecule has 0 fully saturated rings. The largest absolute Gasteiger partial charge is 0.489 e. The van der Waals surface area contributed by atoms with E-state index in [1.807, 2.05) is 24.3 Å². The first-order valence-electron chi connectivity index (χ1n) is 7.27. The lowest BCUT2D eigenvalue weighted by Gasteiger charge is -2.07. The first-order chi connectivity index (χ1) is 12.1. The maximum absolute atomic E-state index is 13.4. The van der Waals surface area contributed by atoms with Gasteiger partial charge >= 0.3 is 0 Å². The normalized spacial score (nSPS) is 11.0. The molecule has 5 nitrogen and oxygen atoms in total. The van der Waals surface area contributed by atoms with Gasteiger partial charge in [-0.25, -0.2) is 9.37 Å². The zero-order valence-electron chi connectivity index (χ0n) is 12.9. The van der Waals surface area contributed by atoms with Crippen molar-refractivity contribution in [3.63, 3.8) is 0 Å². The van der Waals surface area contributed by atoms with Gasteiger partial charge in [0, 0.05) is 5.38 Å². The number of aromatic nitrogens is 1. The second-order valence-corrected chi connectivity index (χ2v) is 6.32. The van der Waals surface area contributed by atoms with Crippen molar-refractivity contribution in [3.05, 3.63) is 69.8 Å². The number of nitrogens with one attached hydrogen (secondary N) is 1. The number of nitrogen functional groups attached to an aromatic ring is 1. The third-order valence-corrected chi connectivity index (χ3v) is 4.24. The van der Waals surface area contributed by atoms with Gasteiger partial charge in [-0.05, 0) is 47.5 Å². The number of ether oxygens (including phenoxy) is 1. The molecular formula is C17H14ClFN4OS. The molecule has 128 valence electrons. The van der Waals surface area contributed by atoms with Crippen molar-refractivity contribution >= 4 is 40.1 Å². The smallest absolute Gasteiger partial charge is 0.205 e. The van der Waals surface area contributed by atoms with Crippen molar-refractivity contribution in [1.29, 1.82) is 0 Å². The van der Waals surface area contributed by atoms with Crippen molar-refractivity contribution in [3.8, 4) is 5.75 Å². The van der Waals surface area contributed by atoms with Crippen LogP contribution in [-0.2, 0) is 6.61 Å². The number of hydrogen-bond donors (Lipinski definition) is 2. The van der Waals surface area contributed by atoms with Gasteiger partial charge < -0.3 is 10.5 Å². The fourth-order valence-corrected chi connectivity index (χ4v) is 2.61. The van der Waals surface area contributed by atoms with Crippen LogP contribution in [0.1, 0.15) is 11.1 Å². The second-order valence-electron chi connectivity index (χ2n) is 5.05. The minimum atomic E-state index is -0.455. The molecule has 0 aliphatic carbocycles. The van der Waals surface area contributed by atoms with Gasteiger partial charge in [-0.15, -0.1) is 11.3 Å². The summed E-state index contributed by atoms with van der Waals surface area (Å²) in [7, 11) is 0. The molecule has 25 heavy (non-hydrogen) atoms. The summed E-state index contributed by atoms with van der Waals surface area (Å²) in [5.41, 5.74) is 9.93. The minimum Gasteiger partial charge on any atom is -0.489 e. The molecule has 2 aromatic carbocycles. The van der Waals surface area contributed by atoms with Gasteiger partial charge in [0.1, 0.15) is 24.0 Å². The molecule has 0 saturated heterocycles. The van der Waals surface area contributed by atoms with Crippen LogP contribution in [0.2, 0.25) is 5.02 Å². The number of benzene rings is 2. The van der Waals surface area contributed by atoms with Gasteiger partial charge in [-0.1, -0.05) is 17.7 Å². The Balaban J connectivity index is 1.53. The van der Waals surface area contributed by atoms with Crippen molar-refractivity contribution in [2.45, 2.75) is 6.61 Å². The van der Waals surface area contributed by atoms with Crippen LogP contribution in [0.5, 0.6) is 5.75 Å². The van der Waals surface area contributed by atoms with Crippen LogP contribution in [0.3, 0.4) is 0 Å². The lowest BCUT2D eigenvalue weighted by atomic mass is 10.2. The summed E-state index contributed by atoms with van der Waals surface area (Å²) in [6, 6.07) is 11.9. The van der Waals surface area contributed by atoms with Crippen molar-refractivity contribution in [2.24, 2.45) is 5.10 Å². The summed E-state index contributed by atoms with van der Waals surface area (Å²) in [4.78, 5) is 4.04. The van der Waals surface area contributed by atoms with Gasteiger partial charge in [0.25, 0.3) is 0 Å². The molecule has 0 bridgehead atoms. The maximum atomic E-state index is 13.4. The molecule has 0 radical (unpaired) electrons. The fourth-order valence-electron chi connectivity index (χ4n) is 1.95. The van der Waals surface area contributed by atoms with Gasteiger partial charge in [0.05, 0.1) is 11.2 Å². The molecule has 3 rings (SSSR count). The lowest BCUT2D eigenvalue weighted by molar-refractivity contribution is 0.305. The quantitative estimate of drug-likeness (QED) is 0.489. The number of hydrazone groups is 1. The first-order valence-corrected chi connectivity index (χ1v) is 8.53. The highest BCUT2D eigenvalue weighted by atomic mass is 35.5.